The molecule has 0 aliphatic carbocycles. The zero-order valence-corrected chi connectivity index (χ0v) is 7.74. The van der Waals surface area contributed by atoms with Crippen molar-refractivity contribution in [3.05, 3.63) is 29.1 Å². The Balaban J connectivity index is 2.42. The second kappa shape index (κ2) is 3.21. The Kier molecular flexibility index (Phi) is 2.04. The van der Waals surface area contributed by atoms with Gasteiger partial charge < -0.3 is 4.74 Å². The number of hydrogen-bond acceptors (Lipinski definition) is 4. The Bertz CT molecular complexity index is 412. The summed E-state index contributed by atoms with van der Waals surface area (Å²) < 4.78 is 4.82. The van der Waals surface area contributed by atoms with Crippen molar-refractivity contribution in [3.63, 3.8) is 0 Å². The van der Waals surface area contributed by atoms with Crippen molar-refractivity contribution >= 4 is 11.8 Å². The van der Waals surface area contributed by atoms with E-state index in [1.165, 1.54) is 13.1 Å². The molecule has 0 amide bonds. The summed E-state index contributed by atoms with van der Waals surface area (Å²) in [6, 6.07) is 1.71. The third kappa shape index (κ3) is 1.51. The first-order valence-electron chi connectivity index (χ1n) is 4.31. The van der Waals surface area contributed by atoms with Crippen molar-refractivity contribution < 1.29 is 14.3 Å². The molecule has 0 saturated carbocycles. The van der Waals surface area contributed by atoms with Crippen molar-refractivity contribution in [2.75, 3.05) is 0 Å². The van der Waals surface area contributed by atoms with E-state index in [0.29, 0.717) is 5.56 Å². The predicted octanol–water partition coefficient (Wildman–Crippen LogP) is 0.883. The van der Waals surface area contributed by atoms with Gasteiger partial charge in [0.15, 0.2) is 5.78 Å². The summed E-state index contributed by atoms with van der Waals surface area (Å²) in [7, 11) is 0. The fourth-order valence-corrected chi connectivity index (χ4v) is 1.37. The largest absolute Gasteiger partial charge is 0.459 e. The van der Waals surface area contributed by atoms with Gasteiger partial charge >= 0.3 is 5.97 Å². The quantitative estimate of drug-likeness (QED) is 0.488. The first-order valence-corrected chi connectivity index (χ1v) is 4.31. The number of pyridine rings is 1. The number of nitrogens with zero attached hydrogens (tertiary/aromatic N) is 1. The lowest BCUT2D eigenvalue weighted by Crippen LogP contribution is -2.18. The van der Waals surface area contributed by atoms with Crippen LogP contribution in [0.3, 0.4) is 0 Å². The highest BCUT2D eigenvalue weighted by molar-refractivity contribution is 5.94. The Hall–Kier alpha value is -1.71. The van der Waals surface area contributed by atoms with E-state index < -0.39 is 0 Å². The fraction of sp³-hybridized carbons (Fsp3) is 0.300. The number of cyclic esters (lactones) is 1. The number of fused-ring (bicyclic) bond motifs is 1. The zero-order chi connectivity index (χ0) is 10.1. The molecule has 14 heavy (non-hydrogen) atoms. The summed E-state index contributed by atoms with van der Waals surface area (Å²) in [5.41, 5.74) is 2.09. The molecule has 1 aromatic rings. The van der Waals surface area contributed by atoms with Crippen molar-refractivity contribution in [2.24, 2.45) is 0 Å². The Morgan fingerprint density at radius 2 is 2.36 bits per heavy atom. The summed E-state index contributed by atoms with van der Waals surface area (Å²) in [6.45, 7) is 1.69. The summed E-state index contributed by atoms with van der Waals surface area (Å²) in [5.74, 6) is -0.306. The predicted molar refractivity (Wildman–Crippen MR) is 47.7 cm³/mol. The van der Waals surface area contributed by atoms with Crippen molar-refractivity contribution in [2.45, 2.75) is 20.0 Å². The molecule has 2 rings (SSSR count). The van der Waals surface area contributed by atoms with Crippen LogP contribution in [0.4, 0.5) is 0 Å². The monoisotopic (exact) mass is 191 g/mol. The summed E-state index contributed by atoms with van der Waals surface area (Å²) in [6.07, 6.45) is 1.73. The second-order valence-electron chi connectivity index (χ2n) is 3.22. The Morgan fingerprint density at radius 1 is 1.57 bits per heavy atom. The van der Waals surface area contributed by atoms with Crippen LogP contribution in [0.2, 0.25) is 0 Å². The number of ether oxygens (including phenoxy) is 1. The second-order valence-corrected chi connectivity index (χ2v) is 3.22. The van der Waals surface area contributed by atoms with Crippen LogP contribution in [-0.2, 0) is 22.6 Å². The van der Waals surface area contributed by atoms with Crippen LogP contribution in [-0.4, -0.2) is 16.7 Å². The van der Waals surface area contributed by atoms with Crippen molar-refractivity contribution in [1.29, 1.82) is 0 Å². The summed E-state index contributed by atoms with van der Waals surface area (Å²) in [4.78, 5) is 26.1. The zero-order valence-electron chi connectivity index (χ0n) is 7.74. The van der Waals surface area contributed by atoms with E-state index in [0.717, 1.165) is 11.3 Å². The molecule has 0 atom stereocenters. The highest BCUT2D eigenvalue weighted by Crippen LogP contribution is 2.16. The SMILES string of the molecule is CC(=O)c1cnc2c(c1)CC(=O)OC2. The van der Waals surface area contributed by atoms with E-state index in [9.17, 15) is 9.59 Å². The fourth-order valence-electron chi connectivity index (χ4n) is 1.37. The average molecular weight is 191 g/mol. The number of aromatic nitrogens is 1. The minimum absolute atomic E-state index is 0.0424. The van der Waals surface area contributed by atoms with Crippen LogP contribution < -0.4 is 0 Å². The number of rotatable bonds is 1. The third-order valence-electron chi connectivity index (χ3n) is 2.17. The van der Waals surface area contributed by atoms with Gasteiger partial charge in [-0.05, 0) is 18.6 Å². The Labute approximate surface area is 80.9 Å². The normalized spacial score (nSPS) is 14.5. The molecule has 0 N–H and O–H groups in total. The van der Waals surface area contributed by atoms with Crippen LogP contribution in [0, 0.1) is 0 Å². The summed E-state index contributed by atoms with van der Waals surface area (Å²) in [5, 5.41) is 0. The molecule has 0 spiro atoms. The molecule has 1 aliphatic rings. The van der Waals surface area contributed by atoms with Crippen LogP contribution in [0.25, 0.3) is 0 Å². The van der Waals surface area contributed by atoms with Gasteiger partial charge in [-0.15, -0.1) is 0 Å². The van der Waals surface area contributed by atoms with Crippen LogP contribution in [0.1, 0.15) is 28.5 Å². The van der Waals surface area contributed by atoms with Crippen molar-refractivity contribution in [3.8, 4) is 0 Å². The molecule has 0 saturated heterocycles. The van der Waals surface area contributed by atoms with E-state index in [-0.39, 0.29) is 24.8 Å². The number of esters is 1. The van der Waals surface area contributed by atoms with Gasteiger partial charge in [0, 0.05) is 11.8 Å². The third-order valence-corrected chi connectivity index (χ3v) is 2.17. The van der Waals surface area contributed by atoms with Crippen molar-refractivity contribution in [1.82, 2.24) is 4.98 Å². The van der Waals surface area contributed by atoms with Gasteiger partial charge in [-0.3, -0.25) is 14.6 Å². The van der Waals surface area contributed by atoms with Gasteiger partial charge in [-0.25, -0.2) is 0 Å². The van der Waals surface area contributed by atoms with E-state index in [1.54, 1.807) is 6.07 Å². The molecule has 1 aromatic heterocycles. The molecule has 72 valence electrons. The molecule has 0 bridgehead atoms. The van der Waals surface area contributed by atoms with E-state index in [4.69, 9.17) is 4.74 Å². The van der Waals surface area contributed by atoms with Gasteiger partial charge in [-0.2, -0.15) is 0 Å². The lowest BCUT2D eigenvalue weighted by molar-refractivity contribution is -0.145. The maximum atomic E-state index is 11.1. The highest BCUT2D eigenvalue weighted by atomic mass is 16.5. The molecule has 0 aromatic carbocycles. The number of carbonyl (C=O) groups is 2. The number of Topliss-reactive ketones (excluding diaryl/α,β-unsaturated/α-hetero) is 1. The van der Waals surface area contributed by atoms with Crippen LogP contribution >= 0.6 is 0 Å². The maximum Gasteiger partial charge on any atom is 0.310 e. The molecule has 4 nitrogen and oxygen atoms in total. The van der Waals surface area contributed by atoms with Crippen LogP contribution in [0.5, 0.6) is 0 Å². The molecule has 2 heterocycles. The van der Waals surface area contributed by atoms with Gasteiger partial charge in [0.1, 0.15) is 6.61 Å². The minimum Gasteiger partial charge on any atom is -0.459 e. The lowest BCUT2D eigenvalue weighted by Gasteiger charge is -2.14. The van der Waals surface area contributed by atoms with E-state index in [2.05, 4.69) is 4.98 Å². The van der Waals surface area contributed by atoms with Gasteiger partial charge in [0.05, 0.1) is 12.1 Å². The molecular formula is C10H9NO3. The molecule has 0 radical (unpaired) electrons. The average Bonchev–Trinajstić information content (AvgIpc) is 2.16. The van der Waals surface area contributed by atoms with Crippen LogP contribution in [0.15, 0.2) is 12.3 Å². The van der Waals surface area contributed by atoms with Gasteiger partial charge in [-0.1, -0.05) is 0 Å². The maximum absolute atomic E-state index is 11.1. The standard InChI is InChI=1S/C10H9NO3/c1-6(12)8-2-7-3-10(13)14-5-9(7)11-4-8/h2,4H,3,5H2,1H3. The number of ketones is 1. The highest BCUT2D eigenvalue weighted by Gasteiger charge is 2.18. The van der Waals surface area contributed by atoms with E-state index >= 15 is 0 Å². The molecule has 0 unspecified atom stereocenters. The molecule has 0 fully saturated rings. The lowest BCUT2D eigenvalue weighted by atomic mass is 10.0. The summed E-state index contributed by atoms with van der Waals surface area (Å²) >= 11 is 0. The van der Waals surface area contributed by atoms with Gasteiger partial charge in [0.25, 0.3) is 0 Å². The molecule has 4 heteroatoms. The smallest absolute Gasteiger partial charge is 0.310 e. The topological polar surface area (TPSA) is 56.3 Å². The molecule has 1 aliphatic heterocycles. The first kappa shape index (κ1) is 8.87. The Morgan fingerprint density at radius 3 is 3.07 bits per heavy atom. The number of hydrogen-bond donors (Lipinski definition) is 0. The first-order chi connectivity index (χ1) is 6.66. The molecular weight excluding hydrogens is 182 g/mol. The number of carbonyl (C=O) groups excluding carboxylic acids is 2. The van der Waals surface area contributed by atoms with E-state index in [1.807, 2.05) is 0 Å². The minimum atomic E-state index is -0.264. The van der Waals surface area contributed by atoms with Gasteiger partial charge in [0.2, 0.25) is 0 Å².